The fourth-order valence-corrected chi connectivity index (χ4v) is 1.07. The summed E-state index contributed by atoms with van der Waals surface area (Å²) in [6, 6.07) is 0. The lowest BCUT2D eigenvalue weighted by Crippen LogP contribution is -2.03. The lowest BCUT2D eigenvalue weighted by Gasteiger charge is -2.09. The summed E-state index contributed by atoms with van der Waals surface area (Å²) in [5.41, 5.74) is 2.23. The molecule has 0 aliphatic rings. The average molecular weight is 163 g/mol. The van der Waals surface area contributed by atoms with Crippen LogP contribution >= 0.6 is 0 Å². The Hall–Kier alpha value is -1.11. The minimum Gasteiger partial charge on any atom is -0.262 e. The van der Waals surface area contributed by atoms with Crippen LogP contribution in [0.5, 0.6) is 0 Å². The molecule has 0 aromatic heterocycles. The molecule has 0 aromatic carbocycles. The third-order valence-corrected chi connectivity index (χ3v) is 1.62. The van der Waals surface area contributed by atoms with E-state index >= 15 is 0 Å². The summed E-state index contributed by atoms with van der Waals surface area (Å²) in [5, 5.41) is 0. The van der Waals surface area contributed by atoms with Crippen LogP contribution in [0.1, 0.15) is 20.8 Å². The van der Waals surface area contributed by atoms with Gasteiger partial charge in [0.1, 0.15) is 0 Å². The van der Waals surface area contributed by atoms with Crippen molar-refractivity contribution in [2.24, 2.45) is 10.9 Å². The molecule has 0 radical (unpaired) electrons. The van der Waals surface area contributed by atoms with Crippen LogP contribution in [0.25, 0.3) is 0 Å². The molecular weight excluding hydrogens is 146 g/mol. The molecule has 0 heterocycles. The molecule has 0 atom stereocenters. The SMILES string of the molecule is C=C/C=C(\C(C)=N/C=C)C(C)C. The number of hydrogen-bond acceptors (Lipinski definition) is 1. The highest BCUT2D eigenvalue weighted by Crippen LogP contribution is 2.11. The van der Waals surface area contributed by atoms with Gasteiger partial charge in [-0.25, -0.2) is 0 Å². The Morgan fingerprint density at radius 1 is 1.33 bits per heavy atom. The maximum Gasteiger partial charge on any atom is 0.0406 e. The first kappa shape index (κ1) is 10.9. The lowest BCUT2D eigenvalue weighted by atomic mass is 9.99. The molecule has 1 nitrogen and oxygen atoms in total. The lowest BCUT2D eigenvalue weighted by molar-refractivity contribution is 0.802. The highest BCUT2D eigenvalue weighted by molar-refractivity contribution is 5.99. The van der Waals surface area contributed by atoms with Crippen molar-refractivity contribution < 1.29 is 0 Å². The van der Waals surface area contributed by atoms with Gasteiger partial charge in [0.15, 0.2) is 0 Å². The van der Waals surface area contributed by atoms with Gasteiger partial charge in [0.25, 0.3) is 0 Å². The quantitative estimate of drug-likeness (QED) is 0.445. The van der Waals surface area contributed by atoms with Crippen molar-refractivity contribution in [3.05, 3.63) is 37.1 Å². The Labute approximate surface area is 75.2 Å². The molecule has 0 aliphatic heterocycles. The van der Waals surface area contributed by atoms with Crippen LogP contribution in [0.3, 0.4) is 0 Å². The van der Waals surface area contributed by atoms with Crippen LogP contribution in [0.2, 0.25) is 0 Å². The predicted octanol–water partition coefficient (Wildman–Crippen LogP) is 3.36. The molecule has 0 saturated carbocycles. The predicted molar refractivity (Wildman–Crippen MR) is 56.4 cm³/mol. The molecule has 66 valence electrons. The molecule has 0 N–H and O–H groups in total. The Morgan fingerprint density at radius 2 is 1.92 bits per heavy atom. The number of rotatable bonds is 4. The maximum atomic E-state index is 4.13. The molecule has 0 aliphatic carbocycles. The topological polar surface area (TPSA) is 12.4 Å². The monoisotopic (exact) mass is 163 g/mol. The van der Waals surface area contributed by atoms with Crippen LogP contribution in [-0.4, -0.2) is 5.71 Å². The van der Waals surface area contributed by atoms with E-state index in [1.165, 1.54) is 5.57 Å². The molecule has 0 fully saturated rings. The first-order chi connectivity index (χ1) is 5.63. The van der Waals surface area contributed by atoms with Crippen LogP contribution in [-0.2, 0) is 0 Å². The van der Waals surface area contributed by atoms with E-state index in [0.29, 0.717) is 5.92 Å². The van der Waals surface area contributed by atoms with Crippen molar-refractivity contribution >= 4 is 5.71 Å². The molecule has 0 bridgehead atoms. The zero-order chi connectivity index (χ0) is 9.56. The Kier molecular flexibility index (Phi) is 5.02. The van der Waals surface area contributed by atoms with E-state index in [0.717, 1.165) is 5.71 Å². The Bertz CT molecular complexity index is 219. The zero-order valence-electron chi connectivity index (χ0n) is 8.17. The average Bonchev–Trinajstić information content (AvgIpc) is 1.99. The summed E-state index contributed by atoms with van der Waals surface area (Å²) >= 11 is 0. The fraction of sp³-hybridized carbons (Fsp3) is 0.364. The Morgan fingerprint density at radius 3 is 2.25 bits per heavy atom. The molecule has 12 heavy (non-hydrogen) atoms. The van der Waals surface area contributed by atoms with Gasteiger partial charge in [0.2, 0.25) is 0 Å². The minimum atomic E-state index is 0.478. The van der Waals surface area contributed by atoms with E-state index in [2.05, 4.69) is 32.0 Å². The van der Waals surface area contributed by atoms with E-state index in [1.54, 1.807) is 12.3 Å². The highest BCUT2D eigenvalue weighted by Gasteiger charge is 2.04. The van der Waals surface area contributed by atoms with Crippen LogP contribution < -0.4 is 0 Å². The third-order valence-electron chi connectivity index (χ3n) is 1.62. The van der Waals surface area contributed by atoms with Gasteiger partial charge in [-0.3, -0.25) is 4.99 Å². The summed E-state index contributed by atoms with van der Waals surface area (Å²) in [7, 11) is 0. The van der Waals surface area contributed by atoms with E-state index in [9.17, 15) is 0 Å². The molecule has 0 spiro atoms. The molecule has 1 heteroatoms. The number of allylic oxidation sites excluding steroid dienone is 3. The van der Waals surface area contributed by atoms with Gasteiger partial charge in [0.05, 0.1) is 0 Å². The van der Waals surface area contributed by atoms with Crippen molar-refractivity contribution in [1.29, 1.82) is 0 Å². The summed E-state index contributed by atoms with van der Waals surface area (Å²) in [6.07, 6.45) is 5.35. The second kappa shape index (κ2) is 5.53. The van der Waals surface area contributed by atoms with Gasteiger partial charge in [-0.2, -0.15) is 0 Å². The van der Waals surface area contributed by atoms with Crippen molar-refractivity contribution in [2.45, 2.75) is 20.8 Å². The van der Waals surface area contributed by atoms with Crippen molar-refractivity contribution in [3.63, 3.8) is 0 Å². The number of aliphatic imine (C=N–C) groups is 1. The summed E-state index contributed by atoms with van der Waals surface area (Å²) in [6.45, 7) is 13.5. The molecule has 0 saturated heterocycles. The summed E-state index contributed by atoms with van der Waals surface area (Å²) in [4.78, 5) is 4.13. The third kappa shape index (κ3) is 3.33. The van der Waals surface area contributed by atoms with Gasteiger partial charge in [-0.1, -0.05) is 39.2 Å². The van der Waals surface area contributed by atoms with Gasteiger partial charge in [-0.05, 0) is 18.4 Å². The molecule has 0 aromatic rings. The fourth-order valence-electron chi connectivity index (χ4n) is 1.07. The first-order valence-electron chi connectivity index (χ1n) is 4.11. The first-order valence-corrected chi connectivity index (χ1v) is 4.11. The van der Waals surface area contributed by atoms with Crippen molar-refractivity contribution in [3.8, 4) is 0 Å². The standard InChI is InChI=1S/C11H17N/c1-6-8-11(9(3)4)10(5)12-7-2/h6-9H,1-2H2,3-5H3/b11-8-,12-10-. The second-order valence-corrected chi connectivity index (χ2v) is 2.91. The molecular formula is C11H17N. The van der Waals surface area contributed by atoms with Crippen LogP contribution in [0.15, 0.2) is 42.1 Å². The molecule has 0 unspecified atom stereocenters. The maximum absolute atomic E-state index is 4.13. The smallest absolute Gasteiger partial charge is 0.0406 e. The van der Waals surface area contributed by atoms with Gasteiger partial charge >= 0.3 is 0 Å². The van der Waals surface area contributed by atoms with Crippen molar-refractivity contribution in [2.75, 3.05) is 0 Å². The number of nitrogens with zero attached hydrogens (tertiary/aromatic N) is 1. The molecule has 0 amide bonds. The van der Waals surface area contributed by atoms with Gasteiger partial charge < -0.3 is 0 Å². The van der Waals surface area contributed by atoms with Crippen LogP contribution in [0, 0.1) is 5.92 Å². The van der Waals surface area contributed by atoms with E-state index in [1.807, 2.05) is 13.0 Å². The highest BCUT2D eigenvalue weighted by atomic mass is 14.7. The normalized spacial score (nSPS) is 13.3. The largest absolute Gasteiger partial charge is 0.262 e. The van der Waals surface area contributed by atoms with Gasteiger partial charge in [-0.15, -0.1) is 0 Å². The van der Waals surface area contributed by atoms with E-state index < -0.39 is 0 Å². The van der Waals surface area contributed by atoms with Crippen LogP contribution in [0.4, 0.5) is 0 Å². The van der Waals surface area contributed by atoms with E-state index in [4.69, 9.17) is 0 Å². The second-order valence-electron chi connectivity index (χ2n) is 2.91. The summed E-state index contributed by atoms with van der Waals surface area (Å²) < 4.78 is 0. The zero-order valence-corrected chi connectivity index (χ0v) is 8.17. The number of hydrogen-bond donors (Lipinski definition) is 0. The summed E-state index contributed by atoms with van der Waals surface area (Å²) in [5.74, 6) is 0.478. The molecule has 0 rings (SSSR count). The Balaban J connectivity index is 4.74. The minimum absolute atomic E-state index is 0.478. The van der Waals surface area contributed by atoms with E-state index in [-0.39, 0.29) is 0 Å². The van der Waals surface area contributed by atoms with Crippen molar-refractivity contribution in [1.82, 2.24) is 0 Å². The van der Waals surface area contributed by atoms with Gasteiger partial charge in [0, 0.05) is 11.9 Å².